The highest BCUT2D eigenvalue weighted by molar-refractivity contribution is 7.98. The predicted molar refractivity (Wildman–Crippen MR) is 92.7 cm³/mol. The lowest BCUT2D eigenvalue weighted by atomic mass is 10.1. The highest BCUT2D eigenvalue weighted by atomic mass is 32.2. The lowest BCUT2D eigenvalue weighted by molar-refractivity contribution is 0.0697. The molecule has 126 valence electrons. The van der Waals surface area contributed by atoms with Gasteiger partial charge in [-0.15, -0.1) is 11.8 Å². The Morgan fingerprint density at radius 3 is 2.25 bits per heavy atom. The minimum Gasteiger partial charge on any atom is -0.493 e. The highest BCUT2D eigenvalue weighted by Crippen LogP contribution is 2.34. The topological polar surface area (TPSA) is 84.9 Å². The van der Waals surface area contributed by atoms with E-state index in [0.717, 1.165) is 4.90 Å². The number of rotatable bonds is 6. The quantitative estimate of drug-likeness (QED) is 0.779. The molecule has 0 aliphatic carbocycles. The zero-order valence-electron chi connectivity index (χ0n) is 13.5. The van der Waals surface area contributed by atoms with E-state index in [1.807, 2.05) is 18.4 Å². The number of carbonyl (C=O) groups is 2. The zero-order chi connectivity index (χ0) is 17.7. The van der Waals surface area contributed by atoms with Gasteiger partial charge >= 0.3 is 5.97 Å². The molecule has 24 heavy (non-hydrogen) atoms. The molecule has 0 spiro atoms. The molecule has 0 aliphatic rings. The largest absolute Gasteiger partial charge is 0.493 e. The van der Waals surface area contributed by atoms with E-state index in [0.29, 0.717) is 11.3 Å². The van der Waals surface area contributed by atoms with Crippen molar-refractivity contribution < 1.29 is 24.2 Å². The van der Waals surface area contributed by atoms with Crippen LogP contribution < -0.4 is 14.8 Å². The van der Waals surface area contributed by atoms with Crippen molar-refractivity contribution in [2.45, 2.75) is 4.90 Å². The van der Waals surface area contributed by atoms with Gasteiger partial charge in [0.15, 0.2) is 11.5 Å². The van der Waals surface area contributed by atoms with Crippen LogP contribution in [-0.2, 0) is 0 Å². The summed E-state index contributed by atoms with van der Waals surface area (Å²) in [6, 6.07) is 9.84. The number of nitrogens with one attached hydrogen (secondary N) is 1. The second kappa shape index (κ2) is 7.74. The number of hydrogen-bond donors (Lipinski definition) is 2. The van der Waals surface area contributed by atoms with Crippen LogP contribution >= 0.6 is 11.8 Å². The Morgan fingerprint density at radius 2 is 1.67 bits per heavy atom. The maximum atomic E-state index is 12.5. The molecule has 0 saturated heterocycles. The molecule has 0 fully saturated rings. The summed E-state index contributed by atoms with van der Waals surface area (Å²) in [5.41, 5.74) is 0.528. The van der Waals surface area contributed by atoms with E-state index in [2.05, 4.69) is 5.32 Å². The Morgan fingerprint density at radius 1 is 1.04 bits per heavy atom. The number of anilines is 1. The third-order valence-electron chi connectivity index (χ3n) is 3.35. The summed E-state index contributed by atoms with van der Waals surface area (Å²) in [5.74, 6) is -0.965. The van der Waals surface area contributed by atoms with Gasteiger partial charge in [0.25, 0.3) is 5.91 Å². The van der Waals surface area contributed by atoms with Gasteiger partial charge in [-0.25, -0.2) is 4.79 Å². The molecule has 2 aromatic carbocycles. The summed E-state index contributed by atoms with van der Waals surface area (Å²) in [4.78, 5) is 24.8. The summed E-state index contributed by atoms with van der Waals surface area (Å²) in [5, 5.41) is 12.0. The number of ether oxygens (including phenoxy) is 2. The van der Waals surface area contributed by atoms with Gasteiger partial charge < -0.3 is 19.9 Å². The van der Waals surface area contributed by atoms with Gasteiger partial charge in [-0.05, 0) is 18.4 Å². The molecule has 1 amide bonds. The first-order valence-electron chi connectivity index (χ1n) is 6.95. The number of aromatic carboxylic acids is 1. The van der Waals surface area contributed by atoms with Crippen LogP contribution in [0.5, 0.6) is 11.5 Å². The van der Waals surface area contributed by atoms with Crippen LogP contribution in [-0.4, -0.2) is 37.5 Å². The van der Waals surface area contributed by atoms with Crippen LogP contribution in [0.4, 0.5) is 5.69 Å². The molecule has 0 saturated carbocycles. The van der Waals surface area contributed by atoms with Gasteiger partial charge in [-0.2, -0.15) is 0 Å². The van der Waals surface area contributed by atoms with Gasteiger partial charge in [0.1, 0.15) is 0 Å². The Hall–Kier alpha value is -2.67. The Bertz CT molecular complexity index is 776. The normalized spacial score (nSPS) is 10.1. The molecule has 2 aromatic rings. The van der Waals surface area contributed by atoms with Gasteiger partial charge in [0.2, 0.25) is 0 Å². The maximum Gasteiger partial charge on any atom is 0.337 e. The van der Waals surface area contributed by atoms with Crippen LogP contribution in [0.25, 0.3) is 0 Å². The van der Waals surface area contributed by atoms with Crippen molar-refractivity contribution >= 4 is 29.3 Å². The first kappa shape index (κ1) is 17.7. The molecule has 7 heteroatoms. The fraction of sp³-hybridized carbons (Fsp3) is 0.176. The molecule has 0 atom stereocenters. The van der Waals surface area contributed by atoms with Crippen LogP contribution in [0, 0.1) is 0 Å². The van der Waals surface area contributed by atoms with E-state index in [4.69, 9.17) is 9.47 Å². The third-order valence-corrected chi connectivity index (χ3v) is 4.15. The second-order valence-electron chi connectivity index (χ2n) is 4.71. The lowest BCUT2D eigenvalue weighted by Gasteiger charge is -2.14. The van der Waals surface area contributed by atoms with Gasteiger partial charge in [-0.3, -0.25) is 4.79 Å². The molecular weight excluding hydrogens is 330 g/mol. The SMILES string of the molecule is COc1cc(NC(=O)c2ccccc2SC)c(C(=O)O)cc1OC. The first-order valence-corrected chi connectivity index (χ1v) is 8.18. The van der Waals surface area contributed by atoms with Crippen molar-refractivity contribution in [1.29, 1.82) is 0 Å². The van der Waals surface area contributed by atoms with E-state index >= 15 is 0 Å². The van der Waals surface area contributed by atoms with Crippen LogP contribution in [0.3, 0.4) is 0 Å². The average Bonchev–Trinajstić information content (AvgIpc) is 2.60. The summed E-state index contributed by atoms with van der Waals surface area (Å²) < 4.78 is 10.3. The fourth-order valence-electron chi connectivity index (χ4n) is 2.18. The van der Waals surface area contributed by atoms with E-state index in [-0.39, 0.29) is 17.0 Å². The summed E-state index contributed by atoms with van der Waals surface area (Å²) >= 11 is 1.44. The van der Waals surface area contributed by atoms with Gasteiger partial charge in [0.05, 0.1) is 31.0 Å². The Labute approximate surface area is 143 Å². The van der Waals surface area contributed by atoms with Crippen LogP contribution in [0.15, 0.2) is 41.3 Å². The summed E-state index contributed by atoms with van der Waals surface area (Å²) in [6.07, 6.45) is 1.87. The standard InChI is InChI=1S/C17H17NO5S/c1-22-13-8-11(17(20)21)12(9-14(13)23-2)18-16(19)10-6-4-5-7-15(10)24-3/h4-9H,1-3H3,(H,18,19)(H,20,21). The van der Waals surface area contributed by atoms with Crippen molar-refractivity contribution in [2.75, 3.05) is 25.8 Å². The summed E-state index contributed by atoms with van der Waals surface area (Å²) in [7, 11) is 2.85. The highest BCUT2D eigenvalue weighted by Gasteiger charge is 2.19. The number of carboxylic acid groups (broad SMARTS) is 1. The van der Waals surface area contributed by atoms with Gasteiger partial charge in [0, 0.05) is 17.0 Å². The zero-order valence-corrected chi connectivity index (χ0v) is 14.3. The minimum absolute atomic E-state index is 0.0809. The molecule has 0 aromatic heterocycles. The molecule has 0 aliphatic heterocycles. The summed E-state index contributed by atoms with van der Waals surface area (Å²) in [6.45, 7) is 0. The molecule has 0 heterocycles. The van der Waals surface area contributed by atoms with E-state index in [9.17, 15) is 14.7 Å². The Balaban J connectivity index is 2.44. The lowest BCUT2D eigenvalue weighted by Crippen LogP contribution is -2.16. The van der Waals surface area contributed by atoms with Crippen molar-refractivity contribution in [1.82, 2.24) is 0 Å². The van der Waals surface area contributed by atoms with Crippen molar-refractivity contribution in [3.63, 3.8) is 0 Å². The number of methoxy groups -OCH3 is 2. The number of hydrogen-bond acceptors (Lipinski definition) is 5. The van der Waals surface area contributed by atoms with Crippen molar-refractivity contribution in [3.8, 4) is 11.5 Å². The van der Waals surface area contributed by atoms with Crippen molar-refractivity contribution in [2.24, 2.45) is 0 Å². The molecule has 0 unspecified atom stereocenters. The number of carboxylic acids is 1. The molecule has 0 radical (unpaired) electrons. The maximum absolute atomic E-state index is 12.5. The number of carbonyl (C=O) groups excluding carboxylic acids is 1. The van der Waals surface area contributed by atoms with Crippen LogP contribution in [0.2, 0.25) is 0 Å². The van der Waals surface area contributed by atoms with Crippen molar-refractivity contribution in [3.05, 3.63) is 47.5 Å². The van der Waals surface area contributed by atoms with Gasteiger partial charge in [-0.1, -0.05) is 12.1 Å². The minimum atomic E-state index is -1.18. The number of thioether (sulfide) groups is 1. The van der Waals surface area contributed by atoms with E-state index < -0.39 is 11.9 Å². The van der Waals surface area contributed by atoms with Crippen LogP contribution in [0.1, 0.15) is 20.7 Å². The van der Waals surface area contributed by atoms with E-state index in [1.165, 1.54) is 38.1 Å². The molecule has 0 bridgehead atoms. The molecule has 2 N–H and O–H groups in total. The number of amides is 1. The predicted octanol–water partition coefficient (Wildman–Crippen LogP) is 3.38. The second-order valence-corrected chi connectivity index (χ2v) is 5.56. The molecule has 6 nitrogen and oxygen atoms in total. The molecular formula is C17H17NO5S. The molecule has 2 rings (SSSR count). The van der Waals surface area contributed by atoms with E-state index in [1.54, 1.807) is 12.1 Å². The third kappa shape index (κ3) is 3.62. The number of benzene rings is 2. The fourth-order valence-corrected chi connectivity index (χ4v) is 2.78. The smallest absolute Gasteiger partial charge is 0.337 e. The monoisotopic (exact) mass is 347 g/mol. The first-order chi connectivity index (χ1) is 11.5. The average molecular weight is 347 g/mol. The Kier molecular flexibility index (Phi) is 5.70.